The first-order chi connectivity index (χ1) is 8.45. The molecule has 0 aromatic carbocycles. The van der Waals surface area contributed by atoms with E-state index in [4.69, 9.17) is 0 Å². The highest BCUT2D eigenvalue weighted by atomic mass is 32.2. The molecule has 100 valence electrons. The van der Waals surface area contributed by atoms with Crippen molar-refractivity contribution < 1.29 is 13.2 Å². The van der Waals surface area contributed by atoms with Gasteiger partial charge in [0.25, 0.3) is 0 Å². The molecule has 1 fully saturated rings. The molecule has 1 aliphatic carbocycles. The predicted molar refractivity (Wildman–Crippen MR) is 65.6 cm³/mol. The van der Waals surface area contributed by atoms with Gasteiger partial charge in [-0.1, -0.05) is 6.42 Å². The summed E-state index contributed by atoms with van der Waals surface area (Å²) < 4.78 is 37.1. The van der Waals surface area contributed by atoms with Gasteiger partial charge in [0.05, 0.1) is 0 Å². The van der Waals surface area contributed by atoms with E-state index in [1.165, 1.54) is 12.5 Å². The Balaban J connectivity index is 1.94. The van der Waals surface area contributed by atoms with Gasteiger partial charge in [-0.15, -0.1) is 10.2 Å². The quantitative estimate of drug-likeness (QED) is 0.917. The molecule has 1 aromatic rings. The van der Waals surface area contributed by atoms with Crippen LogP contribution in [-0.4, -0.2) is 27.7 Å². The van der Waals surface area contributed by atoms with Crippen LogP contribution in [0.2, 0.25) is 0 Å². The number of nitrogens with zero attached hydrogens (tertiary/aromatic N) is 2. The first-order valence-corrected chi connectivity index (χ1v) is 6.88. The minimum atomic E-state index is -4.43. The van der Waals surface area contributed by atoms with Crippen LogP contribution in [0.3, 0.4) is 0 Å². The van der Waals surface area contributed by atoms with Gasteiger partial charge in [-0.25, -0.2) is 0 Å². The molecule has 18 heavy (non-hydrogen) atoms. The molecule has 0 unspecified atom stereocenters. The molecule has 0 radical (unpaired) electrons. The number of thioether (sulfide) groups is 1. The van der Waals surface area contributed by atoms with Crippen molar-refractivity contribution in [1.29, 1.82) is 0 Å². The molecule has 0 saturated heterocycles. The van der Waals surface area contributed by atoms with Crippen molar-refractivity contribution in [3.05, 3.63) is 17.8 Å². The van der Waals surface area contributed by atoms with Gasteiger partial charge >= 0.3 is 6.18 Å². The zero-order chi connectivity index (χ0) is 13.2. The van der Waals surface area contributed by atoms with Crippen LogP contribution in [0, 0.1) is 0 Å². The Bertz CT molecular complexity index is 395. The molecule has 0 aliphatic heterocycles. The number of anilines is 1. The van der Waals surface area contributed by atoms with Crippen molar-refractivity contribution >= 4 is 17.6 Å². The number of alkyl halides is 3. The maximum absolute atomic E-state index is 12.3. The second-order valence-corrected chi connectivity index (χ2v) is 5.67. The number of halogens is 3. The van der Waals surface area contributed by atoms with Crippen molar-refractivity contribution in [2.45, 2.75) is 30.2 Å². The standard InChI is InChI=1S/C11H14F3N3S/c1-18-10(5-2-6-10)7-15-9-4-3-8(16-17-9)11(12,13)14/h3-4H,2,5-7H2,1H3,(H,15,17). The second kappa shape index (κ2) is 4.95. The van der Waals surface area contributed by atoms with Gasteiger partial charge in [-0.05, 0) is 31.2 Å². The van der Waals surface area contributed by atoms with Crippen LogP contribution >= 0.6 is 11.8 Å². The monoisotopic (exact) mass is 277 g/mol. The first kappa shape index (κ1) is 13.5. The third-order valence-corrected chi connectivity index (χ3v) is 4.66. The van der Waals surface area contributed by atoms with Crippen molar-refractivity contribution in [3.8, 4) is 0 Å². The Labute approximate surface area is 108 Å². The van der Waals surface area contributed by atoms with Crippen LogP contribution in [0.15, 0.2) is 12.1 Å². The lowest BCUT2D eigenvalue weighted by atomic mass is 9.84. The SMILES string of the molecule is CSC1(CNc2ccc(C(F)(F)F)nn2)CCC1. The molecule has 1 N–H and O–H groups in total. The second-order valence-electron chi connectivity index (χ2n) is 4.40. The molecule has 1 saturated carbocycles. The molecule has 0 atom stereocenters. The summed E-state index contributed by atoms with van der Waals surface area (Å²) in [5, 5.41) is 9.78. The Morgan fingerprint density at radius 3 is 2.44 bits per heavy atom. The zero-order valence-electron chi connectivity index (χ0n) is 9.92. The van der Waals surface area contributed by atoms with Crippen molar-refractivity contribution in [2.75, 3.05) is 18.1 Å². The van der Waals surface area contributed by atoms with E-state index in [1.807, 2.05) is 0 Å². The molecule has 1 aromatic heterocycles. The summed E-state index contributed by atoms with van der Waals surface area (Å²) in [6.07, 6.45) is 1.10. The van der Waals surface area contributed by atoms with Crippen LogP contribution in [0.1, 0.15) is 25.0 Å². The van der Waals surface area contributed by atoms with E-state index in [2.05, 4.69) is 21.8 Å². The number of nitrogens with one attached hydrogen (secondary N) is 1. The summed E-state index contributed by atoms with van der Waals surface area (Å²) in [4.78, 5) is 0. The van der Waals surface area contributed by atoms with Crippen molar-refractivity contribution in [1.82, 2.24) is 10.2 Å². The fraction of sp³-hybridized carbons (Fsp3) is 0.636. The molecule has 1 heterocycles. The molecule has 0 bridgehead atoms. The van der Waals surface area contributed by atoms with Crippen LogP contribution in [-0.2, 0) is 6.18 Å². The van der Waals surface area contributed by atoms with Gasteiger partial charge in [0.2, 0.25) is 0 Å². The molecule has 0 amide bonds. The Morgan fingerprint density at radius 1 is 1.33 bits per heavy atom. The molecule has 2 rings (SSSR count). The largest absolute Gasteiger partial charge is 0.435 e. The van der Waals surface area contributed by atoms with Gasteiger partial charge in [-0.3, -0.25) is 0 Å². The average molecular weight is 277 g/mol. The minimum absolute atomic E-state index is 0.213. The molecule has 3 nitrogen and oxygen atoms in total. The number of hydrogen-bond acceptors (Lipinski definition) is 4. The van der Waals surface area contributed by atoms with Gasteiger partial charge < -0.3 is 5.32 Å². The van der Waals surface area contributed by atoms with Crippen molar-refractivity contribution in [2.24, 2.45) is 0 Å². The van der Waals surface area contributed by atoms with E-state index in [-0.39, 0.29) is 4.75 Å². The maximum Gasteiger partial charge on any atom is 0.435 e. The average Bonchev–Trinajstić information content (AvgIpc) is 2.28. The summed E-state index contributed by atoms with van der Waals surface area (Å²) in [6.45, 7) is 0.716. The smallest absolute Gasteiger partial charge is 0.367 e. The third kappa shape index (κ3) is 2.88. The number of rotatable bonds is 4. The van der Waals surface area contributed by atoms with E-state index in [9.17, 15) is 13.2 Å². The van der Waals surface area contributed by atoms with Crippen LogP contribution in [0.5, 0.6) is 0 Å². The Morgan fingerprint density at radius 2 is 2.06 bits per heavy atom. The van der Waals surface area contributed by atoms with Gasteiger partial charge in [0, 0.05) is 11.3 Å². The number of hydrogen-bond donors (Lipinski definition) is 1. The van der Waals surface area contributed by atoms with Gasteiger partial charge in [0.15, 0.2) is 5.69 Å². The minimum Gasteiger partial charge on any atom is -0.367 e. The van der Waals surface area contributed by atoms with Crippen LogP contribution < -0.4 is 5.32 Å². The lowest BCUT2D eigenvalue weighted by Gasteiger charge is -2.40. The molecule has 0 spiro atoms. The summed E-state index contributed by atoms with van der Waals surface area (Å²) in [5.74, 6) is 0.392. The summed E-state index contributed by atoms with van der Waals surface area (Å²) >= 11 is 1.80. The zero-order valence-corrected chi connectivity index (χ0v) is 10.7. The van der Waals surface area contributed by atoms with Crippen LogP contribution in [0.4, 0.5) is 19.0 Å². The van der Waals surface area contributed by atoms with Gasteiger partial charge in [-0.2, -0.15) is 24.9 Å². The van der Waals surface area contributed by atoms with E-state index in [1.54, 1.807) is 11.8 Å². The number of aromatic nitrogens is 2. The molecular formula is C11H14F3N3S. The topological polar surface area (TPSA) is 37.8 Å². The fourth-order valence-electron chi connectivity index (χ4n) is 1.85. The highest BCUT2D eigenvalue weighted by Gasteiger charge is 2.36. The highest BCUT2D eigenvalue weighted by Crippen LogP contribution is 2.42. The molecule has 7 heteroatoms. The Kier molecular flexibility index (Phi) is 3.70. The highest BCUT2D eigenvalue weighted by molar-refractivity contribution is 8.00. The predicted octanol–water partition coefficient (Wildman–Crippen LogP) is 3.19. The van der Waals surface area contributed by atoms with Crippen molar-refractivity contribution in [3.63, 3.8) is 0 Å². The third-order valence-electron chi connectivity index (χ3n) is 3.24. The van der Waals surface area contributed by atoms with Crippen LogP contribution in [0.25, 0.3) is 0 Å². The summed E-state index contributed by atoms with van der Waals surface area (Å²) in [5.41, 5.74) is -0.962. The first-order valence-electron chi connectivity index (χ1n) is 5.65. The molecular weight excluding hydrogens is 263 g/mol. The van der Waals surface area contributed by atoms with E-state index in [0.29, 0.717) is 12.4 Å². The van der Waals surface area contributed by atoms with E-state index in [0.717, 1.165) is 18.9 Å². The summed E-state index contributed by atoms with van der Waals surface area (Å²) in [6, 6.07) is 2.27. The maximum atomic E-state index is 12.3. The van der Waals surface area contributed by atoms with E-state index < -0.39 is 11.9 Å². The normalized spacial score (nSPS) is 18.2. The Hall–Kier alpha value is -0.980. The molecule has 1 aliphatic rings. The van der Waals surface area contributed by atoms with E-state index >= 15 is 0 Å². The summed E-state index contributed by atoms with van der Waals surface area (Å²) in [7, 11) is 0. The van der Waals surface area contributed by atoms with Gasteiger partial charge in [0.1, 0.15) is 5.82 Å². The lowest BCUT2D eigenvalue weighted by Crippen LogP contribution is -2.40. The lowest BCUT2D eigenvalue weighted by molar-refractivity contribution is -0.141. The fourth-order valence-corrected chi connectivity index (χ4v) is 2.77.